The summed E-state index contributed by atoms with van der Waals surface area (Å²) in [4.78, 5) is 16.8. The number of nitrogens with zero attached hydrogens (tertiary/aromatic N) is 6. The van der Waals surface area contributed by atoms with Crippen molar-refractivity contribution in [1.82, 2.24) is 30.0 Å². The Balaban J connectivity index is 1.49. The van der Waals surface area contributed by atoms with E-state index in [9.17, 15) is 4.79 Å². The zero-order valence-electron chi connectivity index (χ0n) is 14.3. The third kappa shape index (κ3) is 4.71. The summed E-state index contributed by atoms with van der Waals surface area (Å²) in [7, 11) is 0. The highest BCUT2D eigenvalue weighted by molar-refractivity contribution is 5.76. The Labute approximate surface area is 141 Å². The van der Waals surface area contributed by atoms with Crippen LogP contribution in [-0.2, 0) is 20.8 Å². The summed E-state index contributed by atoms with van der Waals surface area (Å²) in [6.07, 6.45) is 1.37. The van der Waals surface area contributed by atoms with Crippen molar-refractivity contribution in [1.29, 1.82) is 0 Å². The molecule has 1 aromatic heterocycles. The first-order chi connectivity index (χ1) is 11.7. The van der Waals surface area contributed by atoms with Crippen molar-refractivity contribution >= 4 is 5.91 Å². The number of carbonyl (C=O) groups is 1. The first-order valence-corrected chi connectivity index (χ1v) is 8.64. The van der Waals surface area contributed by atoms with Crippen LogP contribution in [0.4, 0.5) is 0 Å². The molecule has 134 valence electrons. The SMILES string of the molecule is Cc1nnnn1CCC(=O)N1CCCO[C@@H](CN2CCOCC2)C1. The number of ether oxygens (including phenoxy) is 2. The molecule has 0 aromatic carbocycles. The van der Waals surface area contributed by atoms with Crippen LogP contribution in [0.25, 0.3) is 0 Å². The second-order valence-corrected chi connectivity index (χ2v) is 6.30. The Kier molecular flexibility index (Phi) is 6.11. The molecule has 24 heavy (non-hydrogen) atoms. The number of carbonyl (C=O) groups excluding carboxylic acids is 1. The van der Waals surface area contributed by atoms with Crippen molar-refractivity contribution < 1.29 is 14.3 Å². The number of tetrazole rings is 1. The van der Waals surface area contributed by atoms with E-state index < -0.39 is 0 Å². The van der Waals surface area contributed by atoms with E-state index in [4.69, 9.17) is 9.47 Å². The maximum Gasteiger partial charge on any atom is 0.224 e. The van der Waals surface area contributed by atoms with Gasteiger partial charge < -0.3 is 14.4 Å². The van der Waals surface area contributed by atoms with Gasteiger partial charge in [0.05, 0.1) is 25.9 Å². The molecule has 1 amide bonds. The average molecular weight is 338 g/mol. The van der Waals surface area contributed by atoms with Gasteiger partial charge in [-0.2, -0.15) is 0 Å². The second kappa shape index (κ2) is 8.50. The molecule has 2 aliphatic rings. The largest absolute Gasteiger partial charge is 0.379 e. The molecule has 0 unspecified atom stereocenters. The van der Waals surface area contributed by atoms with Gasteiger partial charge in [0.2, 0.25) is 5.91 Å². The summed E-state index contributed by atoms with van der Waals surface area (Å²) in [5.74, 6) is 0.870. The number of rotatable bonds is 5. The Bertz CT molecular complexity index is 531. The molecule has 0 N–H and O–H groups in total. The molecular weight excluding hydrogens is 312 g/mol. The molecule has 1 atom stereocenters. The number of morpholine rings is 1. The van der Waals surface area contributed by atoms with Crippen LogP contribution in [0.1, 0.15) is 18.7 Å². The number of amides is 1. The molecule has 0 radical (unpaired) electrons. The van der Waals surface area contributed by atoms with Gasteiger partial charge in [0.15, 0.2) is 0 Å². The molecule has 0 aliphatic carbocycles. The van der Waals surface area contributed by atoms with Crippen molar-refractivity contribution in [2.24, 2.45) is 0 Å². The third-order valence-corrected chi connectivity index (χ3v) is 4.52. The van der Waals surface area contributed by atoms with Gasteiger partial charge in [-0.3, -0.25) is 9.69 Å². The molecule has 3 heterocycles. The first-order valence-electron chi connectivity index (χ1n) is 8.64. The molecule has 0 spiro atoms. The number of hydrogen-bond acceptors (Lipinski definition) is 7. The number of hydrogen-bond donors (Lipinski definition) is 0. The van der Waals surface area contributed by atoms with Gasteiger partial charge in [0.1, 0.15) is 5.82 Å². The summed E-state index contributed by atoms with van der Waals surface area (Å²) in [5.41, 5.74) is 0. The fraction of sp³-hybridized carbons (Fsp3) is 0.867. The van der Waals surface area contributed by atoms with Gasteiger partial charge in [-0.1, -0.05) is 0 Å². The fourth-order valence-corrected chi connectivity index (χ4v) is 3.12. The highest BCUT2D eigenvalue weighted by atomic mass is 16.5. The summed E-state index contributed by atoms with van der Waals surface area (Å²) >= 11 is 0. The molecule has 0 saturated carbocycles. The van der Waals surface area contributed by atoms with Crippen LogP contribution in [0.5, 0.6) is 0 Å². The van der Waals surface area contributed by atoms with Gasteiger partial charge in [0, 0.05) is 45.8 Å². The number of aryl methyl sites for hydroxylation is 2. The lowest BCUT2D eigenvalue weighted by Gasteiger charge is -2.31. The highest BCUT2D eigenvalue weighted by Gasteiger charge is 2.25. The van der Waals surface area contributed by atoms with Crippen molar-refractivity contribution in [2.45, 2.75) is 32.4 Å². The van der Waals surface area contributed by atoms with Crippen LogP contribution in [0.15, 0.2) is 0 Å². The van der Waals surface area contributed by atoms with Crippen molar-refractivity contribution in [3.63, 3.8) is 0 Å². The molecule has 2 aliphatic heterocycles. The topological polar surface area (TPSA) is 85.6 Å². The molecule has 9 nitrogen and oxygen atoms in total. The Morgan fingerprint density at radius 3 is 2.83 bits per heavy atom. The lowest BCUT2D eigenvalue weighted by atomic mass is 10.2. The first kappa shape index (κ1) is 17.2. The van der Waals surface area contributed by atoms with E-state index in [2.05, 4.69) is 20.4 Å². The minimum absolute atomic E-state index is 0.0734. The zero-order valence-corrected chi connectivity index (χ0v) is 14.3. The lowest BCUT2D eigenvalue weighted by molar-refractivity contribution is -0.132. The van der Waals surface area contributed by atoms with E-state index in [1.54, 1.807) is 4.68 Å². The van der Waals surface area contributed by atoms with Gasteiger partial charge >= 0.3 is 0 Å². The maximum atomic E-state index is 12.5. The van der Waals surface area contributed by atoms with Crippen molar-refractivity contribution in [3.8, 4) is 0 Å². The Hall–Kier alpha value is -1.58. The predicted octanol–water partition coefficient (Wildman–Crippen LogP) is -0.679. The fourth-order valence-electron chi connectivity index (χ4n) is 3.12. The molecule has 2 saturated heterocycles. The van der Waals surface area contributed by atoms with E-state index in [0.717, 1.165) is 51.6 Å². The average Bonchev–Trinajstić information content (AvgIpc) is 2.86. The van der Waals surface area contributed by atoms with Crippen LogP contribution >= 0.6 is 0 Å². The highest BCUT2D eigenvalue weighted by Crippen LogP contribution is 2.11. The Morgan fingerprint density at radius 2 is 2.08 bits per heavy atom. The summed E-state index contributed by atoms with van der Waals surface area (Å²) < 4.78 is 13.0. The second-order valence-electron chi connectivity index (χ2n) is 6.30. The predicted molar refractivity (Wildman–Crippen MR) is 85.4 cm³/mol. The summed E-state index contributed by atoms with van der Waals surface area (Å²) in [6, 6.07) is 0. The number of aromatic nitrogens is 4. The molecule has 9 heteroatoms. The van der Waals surface area contributed by atoms with Gasteiger partial charge in [-0.05, 0) is 23.8 Å². The van der Waals surface area contributed by atoms with E-state index >= 15 is 0 Å². The minimum Gasteiger partial charge on any atom is -0.379 e. The normalized spacial score (nSPS) is 23.2. The third-order valence-electron chi connectivity index (χ3n) is 4.52. The van der Waals surface area contributed by atoms with Crippen LogP contribution < -0.4 is 0 Å². The van der Waals surface area contributed by atoms with Gasteiger partial charge in [-0.25, -0.2) is 4.68 Å². The van der Waals surface area contributed by atoms with Crippen molar-refractivity contribution in [3.05, 3.63) is 5.82 Å². The maximum absolute atomic E-state index is 12.5. The smallest absolute Gasteiger partial charge is 0.224 e. The van der Waals surface area contributed by atoms with Crippen LogP contribution in [-0.4, -0.2) is 94.6 Å². The summed E-state index contributed by atoms with van der Waals surface area (Å²) in [5, 5.41) is 11.3. The molecular formula is C15H26N6O3. The van der Waals surface area contributed by atoms with Crippen LogP contribution in [0.2, 0.25) is 0 Å². The van der Waals surface area contributed by atoms with E-state index in [1.165, 1.54) is 0 Å². The zero-order chi connectivity index (χ0) is 16.8. The van der Waals surface area contributed by atoms with E-state index in [1.807, 2.05) is 11.8 Å². The Morgan fingerprint density at radius 1 is 1.25 bits per heavy atom. The quantitative estimate of drug-likeness (QED) is 0.703. The summed E-state index contributed by atoms with van der Waals surface area (Å²) in [6.45, 7) is 8.77. The minimum atomic E-state index is 0.0734. The molecule has 1 aromatic rings. The molecule has 3 rings (SSSR count). The molecule has 2 fully saturated rings. The van der Waals surface area contributed by atoms with E-state index in [-0.39, 0.29) is 12.0 Å². The van der Waals surface area contributed by atoms with Crippen LogP contribution in [0, 0.1) is 6.92 Å². The van der Waals surface area contributed by atoms with E-state index in [0.29, 0.717) is 26.1 Å². The monoisotopic (exact) mass is 338 g/mol. The standard InChI is InChI=1S/C15H26N6O3/c1-13-16-17-18-21(13)5-3-15(22)20-4-2-8-24-14(12-20)11-19-6-9-23-10-7-19/h14H,2-12H2,1H3/t14-/m0/s1. The van der Waals surface area contributed by atoms with Gasteiger partial charge in [0.25, 0.3) is 0 Å². The lowest BCUT2D eigenvalue weighted by Crippen LogP contribution is -2.46. The van der Waals surface area contributed by atoms with Crippen molar-refractivity contribution in [2.75, 3.05) is 52.5 Å². The molecule has 0 bridgehead atoms. The van der Waals surface area contributed by atoms with Crippen LogP contribution in [0.3, 0.4) is 0 Å². The van der Waals surface area contributed by atoms with Gasteiger partial charge in [-0.15, -0.1) is 5.10 Å².